The molecule has 1 aromatic rings. The summed E-state index contributed by atoms with van der Waals surface area (Å²) in [5.74, 6) is -2.84. The molecule has 0 heterocycles. The fourth-order valence-electron chi connectivity index (χ4n) is 1.48. The lowest BCUT2D eigenvalue weighted by Gasteiger charge is -2.11. The fourth-order valence-corrected chi connectivity index (χ4v) is 2.02. The Hall–Kier alpha value is -1.54. The molecule has 1 aromatic carbocycles. The standard InChI is InChI=1S/C12H16F2N2O3S/c1-3-7(2)4-11(17)16-12-9(13)5-8(6-10(12)14)20(15,18)19/h5-7H,3-4H2,1-2H3,(H,16,17)(H2,15,18,19). The van der Waals surface area contributed by atoms with Gasteiger partial charge in [0.25, 0.3) is 0 Å². The summed E-state index contributed by atoms with van der Waals surface area (Å²) in [4.78, 5) is 10.9. The molecule has 0 radical (unpaired) electrons. The minimum absolute atomic E-state index is 0.0739. The van der Waals surface area contributed by atoms with E-state index in [2.05, 4.69) is 5.32 Å². The van der Waals surface area contributed by atoms with E-state index in [1.54, 1.807) is 0 Å². The zero-order valence-corrected chi connectivity index (χ0v) is 11.9. The molecule has 3 N–H and O–H groups in total. The number of rotatable bonds is 5. The number of hydrogen-bond donors (Lipinski definition) is 2. The van der Waals surface area contributed by atoms with E-state index in [4.69, 9.17) is 5.14 Å². The second-order valence-electron chi connectivity index (χ2n) is 4.57. The maximum absolute atomic E-state index is 13.6. The third-order valence-corrected chi connectivity index (χ3v) is 3.73. The van der Waals surface area contributed by atoms with E-state index >= 15 is 0 Å². The SMILES string of the molecule is CCC(C)CC(=O)Nc1c(F)cc(S(N)(=O)=O)cc1F. The monoisotopic (exact) mass is 306 g/mol. The number of benzene rings is 1. The molecule has 1 atom stereocenters. The van der Waals surface area contributed by atoms with Crippen LogP contribution >= 0.6 is 0 Å². The van der Waals surface area contributed by atoms with Crippen molar-refractivity contribution in [3.63, 3.8) is 0 Å². The highest BCUT2D eigenvalue weighted by Gasteiger charge is 2.19. The second-order valence-corrected chi connectivity index (χ2v) is 6.13. The number of carbonyl (C=O) groups is 1. The van der Waals surface area contributed by atoms with Crippen LogP contribution in [-0.4, -0.2) is 14.3 Å². The van der Waals surface area contributed by atoms with Crippen molar-refractivity contribution in [2.24, 2.45) is 11.1 Å². The third-order valence-electron chi connectivity index (χ3n) is 2.84. The van der Waals surface area contributed by atoms with Crippen LogP contribution < -0.4 is 10.5 Å². The molecule has 1 rings (SSSR count). The highest BCUT2D eigenvalue weighted by molar-refractivity contribution is 7.89. The van der Waals surface area contributed by atoms with Crippen molar-refractivity contribution in [1.82, 2.24) is 0 Å². The summed E-state index contributed by atoms with van der Waals surface area (Å²) in [6, 6.07) is 1.13. The quantitative estimate of drug-likeness (QED) is 0.871. The molecule has 8 heteroatoms. The Labute approximate surface area is 116 Å². The summed E-state index contributed by atoms with van der Waals surface area (Å²) in [7, 11) is -4.21. The van der Waals surface area contributed by atoms with Crippen molar-refractivity contribution in [2.45, 2.75) is 31.6 Å². The maximum Gasteiger partial charge on any atom is 0.238 e. The molecule has 1 unspecified atom stereocenters. The van der Waals surface area contributed by atoms with Gasteiger partial charge in [0.05, 0.1) is 4.90 Å². The van der Waals surface area contributed by atoms with Crippen LogP contribution in [0.15, 0.2) is 17.0 Å². The Kier molecular flexibility index (Phi) is 5.18. The Morgan fingerprint density at radius 1 is 1.35 bits per heavy atom. The Morgan fingerprint density at radius 2 is 1.85 bits per heavy atom. The van der Waals surface area contributed by atoms with E-state index in [1.807, 2.05) is 13.8 Å². The number of anilines is 1. The van der Waals surface area contributed by atoms with Crippen LogP contribution in [-0.2, 0) is 14.8 Å². The van der Waals surface area contributed by atoms with E-state index < -0.39 is 38.1 Å². The highest BCUT2D eigenvalue weighted by atomic mass is 32.2. The molecule has 0 bridgehead atoms. The van der Waals surface area contributed by atoms with Crippen LogP contribution in [0.3, 0.4) is 0 Å². The maximum atomic E-state index is 13.6. The van der Waals surface area contributed by atoms with Crippen LogP contribution in [0.2, 0.25) is 0 Å². The van der Waals surface area contributed by atoms with Gasteiger partial charge in [-0.3, -0.25) is 4.79 Å². The van der Waals surface area contributed by atoms with Crippen LogP contribution in [0.1, 0.15) is 26.7 Å². The zero-order valence-electron chi connectivity index (χ0n) is 11.1. The predicted octanol–water partition coefficient (Wildman–Crippen LogP) is 1.99. The van der Waals surface area contributed by atoms with Gasteiger partial charge in [0.2, 0.25) is 15.9 Å². The van der Waals surface area contributed by atoms with Crippen molar-refractivity contribution in [3.05, 3.63) is 23.8 Å². The van der Waals surface area contributed by atoms with Crippen molar-refractivity contribution < 1.29 is 22.0 Å². The third kappa shape index (κ3) is 4.24. The van der Waals surface area contributed by atoms with Gasteiger partial charge in [-0.15, -0.1) is 0 Å². The molecule has 112 valence electrons. The normalized spacial score (nSPS) is 13.1. The van der Waals surface area contributed by atoms with Gasteiger partial charge in [-0.05, 0) is 18.1 Å². The summed E-state index contributed by atoms with van der Waals surface area (Å²) in [5, 5.41) is 6.88. The second kappa shape index (κ2) is 6.27. The average molecular weight is 306 g/mol. The summed E-state index contributed by atoms with van der Waals surface area (Å²) in [5.41, 5.74) is -0.675. The van der Waals surface area contributed by atoms with Crippen LogP contribution in [0.5, 0.6) is 0 Å². The van der Waals surface area contributed by atoms with Crippen LogP contribution in [0.25, 0.3) is 0 Å². The summed E-state index contributed by atoms with van der Waals surface area (Å²) >= 11 is 0. The van der Waals surface area contributed by atoms with E-state index in [1.165, 1.54) is 0 Å². The molecular weight excluding hydrogens is 290 g/mol. The first-order valence-corrected chi connectivity index (χ1v) is 7.51. The van der Waals surface area contributed by atoms with Crippen molar-refractivity contribution in [3.8, 4) is 0 Å². The molecule has 0 aromatic heterocycles. The van der Waals surface area contributed by atoms with Crippen molar-refractivity contribution >= 4 is 21.6 Å². The van der Waals surface area contributed by atoms with Gasteiger partial charge in [-0.2, -0.15) is 0 Å². The molecule has 0 fully saturated rings. The minimum atomic E-state index is -4.21. The number of nitrogens with two attached hydrogens (primary N) is 1. The summed E-state index contributed by atoms with van der Waals surface area (Å²) < 4.78 is 49.3. The molecule has 0 aliphatic carbocycles. The van der Waals surface area contributed by atoms with Crippen molar-refractivity contribution in [1.29, 1.82) is 0 Å². The lowest BCUT2D eigenvalue weighted by Crippen LogP contribution is -2.18. The molecule has 0 aliphatic heterocycles. The van der Waals surface area contributed by atoms with Gasteiger partial charge >= 0.3 is 0 Å². The van der Waals surface area contributed by atoms with Crippen LogP contribution in [0.4, 0.5) is 14.5 Å². The molecule has 0 aliphatic rings. The van der Waals surface area contributed by atoms with Gasteiger partial charge in [-0.25, -0.2) is 22.3 Å². The smallest absolute Gasteiger partial charge is 0.238 e. The average Bonchev–Trinajstić information content (AvgIpc) is 2.32. The van der Waals surface area contributed by atoms with E-state index in [0.29, 0.717) is 12.1 Å². The van der Waals surface area contributed by atoms with Gasteiger partial charge in [0.15, 0.2) is 11.6 Å². The molecule has 20 heavy (non-hydrogen) atoms. The molecular formula is C12H16F2N2O3S. The molecule has 0 spiro atoms. The lowest BCUT2D eigenvalue weighted by molar-refractivity contribution is -0.117. The number of primary sulfonamides is 1. The molecule has 1 amide bonds. The largest absolute Gasteiger partial charge is 0.321 e. The molecule has 0 saturated carbocycles. The van der Waals surface area contributed by atoms with Gasteiger partial charge in [0, 0.05) is 6.42 Å². The van der Waals surface area contributed by atoms with E-state index in [0.717, 1.165) is 6.42 Å². The number of halogens is 2. The van der Waals surface area contributed by atoms with Crippen molar-refractivity contribution in [2.75, 3.05) is 5.32 Å². The molecule has 5 nitrogen and oxygen atoms in total. The zero-order chi connectivity index (χ0) is 15.5. The number of hydrogen-bond acceptors (Lipinski definition) is 3. The minimum Gasteiger partial charge on any atom is -0.321 e. The van der Waals surface area contributed by atoms with Crippen LogP contribution in [0, 0.1) is 17.6 Å². The number of carbonyl (C=O) groups excluding carboxylic acids is 1. The first kappa shape index (κ1) is 16.5. The lowest BCUT2D eigenvalue weighted by atomic mass is 10.1. The van der Waals surface area contributed by atoms with E-state index in [-0.39, 0.29) is 12.3 Å². The summed E-state index contributed by atoms with van der Waals surface area (Å²) in [6.07, 6.45) is 0.870. The number of nitrogens with one attached hydrogen (secondary N) is 1. The Bertz CT molecular complexity index is 594. The van der Waals surface area contributed by atoms with Gasteiger partial charge in [-0.1, -0.05) is 20.3 Å². The van der Waals surface area contributed by atoms with E-state index in [9.17, 15) is 22.0 Å². The topological polar surface area (TPSA) is 89.3 Å². The van der Waals surface area contributed by atoms with Gasteiger partial charge < -0.3 is 5.32 Å². The predicted molar refractivity (Wildman–Crippen MR) is 70.4 cm³/mol. The number of sulfonamides is 1. The summed E-state index contributed by atoms with van der Waals surface area (Å²) in [6.45, 7) is 3.72. The Balaban J connectivity index is 3.01. The molecule has 0 saturated heterocycles. The first-order chi connectivity index (χ1) is 9.15. The van der Waals surface area contributed by atoms with Gasteiger partial charge in [0.1, 0.15) is 5.69 Å². The highest BCUT2D eigenvalue weighted by Crippen LogP contribution is 2.23. The first-order valence-electron chi connectivity index (χ1n) is 5.96. The fraction of sp³-hybridized carbons (Fsp3) is 0.417. The number of amides is 1. The Morgan fingerprint density at radius 3 is 2.25 bits per heavy atom.